The highest BCUT2D eigenvalue weighted by Gasteiger charge is 2.29. The summed E-state index contributed by atoms with van der Waals surface area (Å²) in [6.45, 7) is 1.87. The molecule has 0 bridgehead atoms. The monoisotopic (exact) mass is 163 g/mol. The second-order valence-corrected chi connectivity index (χ2v) is 5.25. The summed E-state index contributed by atoms with van der Waals surface area (Å²) in [5.74, 6) is 0.828. The van der Waals surface area contributed by atoms with E-state index in [4.69, 9.17) is 5.73 Å². The molecule has 3 nitrogen and oxygen atoms in total. The van der Waals surface area contributed by atoms with E-state index >= 15 is 0 Å². The molecule has 1 aliphatic heterocycles. The molecule has 0 aliphatic carbocycles. The molecule has 60 valence electrons. The SMILES string of the molecule is CC(N)C1CCS(=O)(=O)C1. The van der Waals surface area contributed by atoms with Gasteiger partial charge in [-0.05, 0) is 19.3 Å². The van der Waals surface area contributed by atoms with Crippen LogP contribution in [0.25, 0.3) is 0 Å². The third-order valence-corrected chi connectivity index (χ3v) is 3.80. The van der Waals surface area contributed by atoms with Gasteiger partial charge >= 0.3 is 0 Å². The van der Waals surface area contributed by atoms with Crippen LogP contribution < -0.4 is 5.73 Å². The summed E-state index contributed by atoms with van der Waals surface area (Å²) in [6, 6.07) is 0.0253. The maximum absolute atomic E-state index is 10.9. The number of sulfone groups is 1. The molecule has 0 spiro atoms. The molecular weight excluding hydrogens is 150 g/mol. The molecule has 2 unspecified atom stereocenters. The third kappa shape index (κ3) is 1.70. The molecule has 2 N–H and O–H groups in total. The van der Waals surface area contributed by atoms with Crippen molar-refractivity contribution < 1.29 is 8.42 Å². The van der Waals surface area contributed by atoms with Gasteiger partial charge in [0.1, 0.15) is 0 Å². The third-order valence-electron chi connectivity index (χ3n) is 2.01. The molecule has 0 aromatic carbocycles. The van der Waals surface area contributed by atoms with Crippen LogP contribution in [0.2, 0.25) is 0 Å². The van der Waals surface area contributed by atoms with Gasteiger partial charge < -0.3 is 5.73 Å². The fourth-order valence-electron chi connectivity index (χ4n) is 1.24. The predicted molar refractivity (Wildman–Crippen MR) is 40.4 cm³/mol. The second-order valence-electron chi connectivity index (χ2n) is 3.02. The van der Waals surface area contributed by atoms with Gasteiger partial charge in [0, 0.05) is 6.04 Å². The second kappa shape index (κ2) is 2.51. The highest BCUT2D eigenvalue weighted by atomic mass is 32.2. The summed E-state index contributed by atoms with van der Waals surface area (Å²) >= 11 is 0. The highest BCUT2D eigenvalue weighted by molar-refractivity contribution is 7.91. The van der Waals surface area contributed by atoms with Crippen molar-refractivity contribution >= 4 is 9.84 Å². The van der Waals surface area contributed by atoms with Gasteiger partial charge in [-0.1, -0.05) is 0 Å². The van der Waals surface area contributed by atoms with Gasteiger partial charge in [-0.2, -0.15) is 0 Å². The van der Waals surface area contributed by atoms with E-state index in [0.717, 1.165) is 6.42 Å². The Morgan fingerprint density at radius 3 is 2.40 bits per heavy atom. The molecule has 0 aromatic heterocycles. The van der Waals surface area contributed by atoms with E-state index in [0.29, 0.717) is 11.5 Å². The predicted octanol–water partition coefficient (Wildman–Crippen LogP) is -0.232. The van der Waals surface area contributed by atoms with Gasteiger partial charge in [0.25, 0.3) is 0 Å². The van der Waals surface area contributed by atoms with Crippen LogP contribution in [0.15, 0.2) is 0 Å². The van der Waals surface area contributed by atoms with Gasteiger partial charge in [0.15, 0.2) is 9.84 Å². The van der Waals surface area contributed by atoms with E-state index < -0.39 is 9.84 Å². The Balaban J connectivity index is 2.60. The van der Waals surface area contributed by atoms with Gasteiger partial charge in [0.2, 0.25) is 0 Å². The fraction of sp³-hybridized carbons (Fsp3) is 1.00. The van der Waals surface area contributed by atoms with Crippen LogP contribution in [0, 0.1) is 5.92 Å². The molecule has 0 amide bonds. The molecule has 1 rings (SSSR count). The van der Waals surface area contributed by atoms with Crippen molar-refractivity contribution in [1.29, 1.82) is 0 Å². The zero-order valence-corrected chi connectivity index (χ0v) is 6.89. The standard InChI is InChI=1S/C6H13NO2S/c1-5(7)6-2-3-10(8,9)4-6/h5-6H,2-4,7H2,1H3. The molecule has 1 aliphatic rings. The number of nitrogens with two attached hydrogens (primary N) is 1. The minimum atomic E-state index is -2.72. The molecule has 1 saturated heterocycles. The summed E-state index contributed by atoms with van der Waals surface area (Å²) < 4.78 is 21.8. The van der Waals surface area contributed by atoms with Crippen molar-refractivity contribution in [3.63, 3.8) is 0 Å². The van der Waals surface area contributed by atoms with Gasteiger partial charge in [-0.25, -0.2) is 8.42 Å². The first-order valence-corrected chi connectivity index (χ1v) is 5.29. The average Bonchev–Trinajstić information content (AvgIpc) is 2.10. The Bertz CT molecular complexity index is 208. The van der Waals surface area contributed by atoms with Crippen LogP contribution >= 0.6 is 0 Å². The van der Waals surface area contributed by atoms with E-state index in [9.17, 15) is 8.42 Å². The fourth-order valence-corrected chi connectivity index (χ4v) is 3.19. The molecule has 1 heterocycles. The van der Waals surface area contributed by atoms with Crippen LogP contribution in [0.1, 0.15) is 13.3 Å². The van der Waals surface area contributed by atoms with Crippen LogP contribution in [-0.4, -0.2) is 26.0 Å². The molecule has 0 saturated carbocycles. The van der Waals surface area contributed by atoms with Crippen LogP contribution in [0.4, 0.5) is 0 Å². The van der Waals surface area contributed by atoms with Crippen LogP contribution in [-0.2, 0) is 9.84 Å². The molecule has 10 heavy (non-hydrogen) atoms. The number of hydrogen-bond donors (Lipinski definition) is 1. The Morgan fingerprint density at radius 2 is 2.20 bits per heavy atom. The van der Waals surface area contributed by atoms with Crippen molar-refractivity contribution in [3.05, 3.63) is 0 Å². The van der Waals surface area contributed by atoms with Crippen molar-refractivity contribution in [2.24, 2.45) is 11.7 Å². The van der Waals surface area contributed by atoms with E-state index in [1.165, 1.54) is 0 Å². The Morgan fingerprint density at radius 1 is 1.60 bits per heavy atom. The van der Waals surface area contributed by atoms with Crippen molar-refractivity contribution in [2.45, 2.75) is 19.4 Å². The Hall–Kier alpha value is -0.0900. The van der Waals surface area contributed by atoms with Crippen molar-refractivity contribution in [2.75, 3.05) is 11.5 Å². The normalized spacial score (nSPS) is 34.0. The summed E-state index contributed by atoms with van der Waals surface area (Å²) in [5.41, 5.74) is 5.55. The molecule has 0 radical (unpaired) electrons. The number of hydrogen-bond acceptors (Lipinski definition) is 3. The van der Waals surface area contributed by atoms with Crippen molar-refractivity contribution in [1.82, 2.24) is 0 Å². The Kier molecular flexibility index (Phi) is 2.01. The Labute approximate surface area is 61.5 Å². The zero-order chi connectivity index (χ0) is 7.78. The minimum absolute atomic E-state index is 0.0253. The first kappa shape index (κ1) is 8.01. The molecular formula is C6H13NO2S. The smallest absolute Gasteiger partial charge is 0.150 e. The van der Waals surface area contributed by atoms with Gasteiger partial charge in [0.05, 0.1) is 11.5 Å². The van der Waals surface area contributed by atoms with E-state index in [2.05, 4.69) is 0 Å². The largest absolute Gasteiger partial charge is 0.328 e. The van der Waals surface area contributed by atoms with E-state index in [1.54, 1.807) is 0 Å². The number of rotatable bonds is 1. The van der Waals surface area contributed by atoms with Crippen LogP contribution in [0.5, 0.6) is 0 Å². The maximum atomic E-state index is 10.9. The van der Waals surface area contributed by atoms with Gasteiger partial charge in [-0.3, -0.25) is 0 Å². The maximum Gasteiger partial charge on any atom is 0.150 e. The molecule has 4 heteroatoms. The summed E-state index contributed by atoms with van der Waals surface area (Å²) in [6.07, 6.45) is 0.750. The molecule has 0 aromatic rings. The molecule has 2 atom stereocenters. The summed E-state index contributed by atoms with van der Waals surface area (Å²) in [5, 5.41) is 0. The topological polar surface area (TPSA) is 60.2 Å². The lowest BCUT2D eigenvalue weighted by atomic mass is 10.0. The van der Waals surface area contributed by atoms with Crippen LogP contribution in [0.3, 0.4) is 0 Å². The van der Waals surface area contributed by atoms with E-state index in [1.807, 2.05) is 6.92 Å². The quantitative estimate of drug-likeness (QED) is 0.581. The summed E-state index contributed by atoms with van der Waals surface area (Å²) in [7, 11) is -2.72. The lowest BCUT2D eigenvalue weighted by Gasteiger charge is -2.10. The molecule has 1 fully saturated rings. The minimum Gasteiger partial charge on any atom is -0.328 e. The van der Waals surface area contributed by atoms with E-state index in [-0.39, 0.29) is 12.0 Å². The first-order valence-electron chi connectivity index (χ1n) is 3.47. The summed E-state index contributed by atoms with van der Waals surface area (Å²) in [4.78, 5) is 0. The zero-order valence-electron chi connectivity index (χ0n) is 6.08. The highest BCUT2D eigenvalue weighted by Crippen LogP contribution is 2.20. The van der Waals surface area contributed by atoms with Gasteiger partial charge in [-0.15, -0.1) is 0 Å². The lowest BCUT2D eigenvalue weighted by molar-refractivity contribution is 0.493. The average molecular weight is 163 g/mol. The lowest BCUT2D eigenvalue weighted by Crippen LogP contribution is -2.27. The first-order chi connectivity index (χ1) is 4.51. The van der Waals surface area contributed by atoms with Crippen molar-refractivity contribution in [3.8, 4) is 0 Å².